The summed E-state index contributed by atoms with van der Waals surface area (Å²) >= 11 is 5.89. The predicted octanol–water partition coefficient (Wildman–Crippen LogP) is 2.81. The van der Waals surface area contributed by atoms with Crippen LogP contribution in [0.2, 0.25) is 5.02 Å². The zero-order valence-corrected chi connectivity index (χ0v) is 11.8. The molecular formula is C14H23ClN2. The molecule has 0 aliphatic heterocycles. The summed E-state index contributed by atoms with van der Waals surface area (Å²) in [6.07, 6.45) is 2.22. The Morgan fingerprint density at radius 3 is 2.41 bits per heavy atom. The molecule has 1 atom stereocenters. The molecule has 0 fully saturated rings. The highest BCUT2D eigenvalue weighted by atomic mass is 35.5. The van der Waals surface area contributed by atoms with Crippen molar-refractivity contribution in [3.63, 3.8) is 0 Å². The minimum Gasteiger partial charge on any atom is -0.312 e. The van der Waals surface area contributed by atoms with Crippen molar-refractivity contribution >= 4 is 11.6 Å². The van der Waals surface area contributed by atoms with E-state index >= 15 is 0 Å². The molecule has 0 aliphatic carbocycles. The van der Waals surface area contributed by atoms with Crippen molar-refractivity contribution in [3.05, 3.63) is 34.9 Å². The maximum atomic E-state index is 5.89. The predicted molar refractivity (Wildman–Crippen MR) is 75.8 cm³/mol. The molecule has 1 rings (SSSR count). The number of nitrogens with zero attached hydrogens (tertiary/aromatic N) is 1. The summed E-state index contributed by atoms with van der Waals surface area (Å²) in [5, 5.41) is 4.39. The molecule has 0 radical (unpaired) electrons. The maximum Gasteiger partial charge on any atom is 0.0406 e. The van der Waals surface area contributed by atoms with Crippen molar-refractivity contribution in [1.29, 1.82) is 0 Å². The monoisotopic (exact) mass is 254 g/mol. The highest BCUT2D eigenvalue weighted by Crippen LogP contribution is 2.11. The van der Waals surface area contributed by atoms with Gasteiger partial charge in [0, 0.05) is 17.6 Å². The lowest BCUT2D eigenvalue weighted by Gasteiger charge is -2.22. The molecular weight excluding hydrogens is 232 g/mol. The van der Waals surface area contributed by atoms with Gasteiger partial charge in [-0.15, -0.1) is 0 Å². The van der Waals surface area contributed by atoms with Gasteiger partial charge in [-0.3, -0.25) is 0 Å². The first-order valence-electron chi connectivity index (χ1n) is 6.24. The second-order valence-corrected chi connectivity index (χ2v) is 5.18. The highest BCUT2D eigenvalue weighted by Gasteiger charge is 2.09. The lowest BCUT2D eigenvalue weighted by Crippen LogP contribution is -2.40. The molecule has 1 aromatic carbocycles. The topological polar surface area (TPSA) is 15.3 Å². The quantitative estimate of drug-likeness (QED) is 0.805. The van der Waals surface area contributed by atoms with Crippen LogP contribution in [0.1, 0.15) is 18.9 Å². The van der Waals surface area contributed by atoms with Crippen LogP contribution in [0.5, 0.6) is 0 Å². The molecule has 0 heterocycles. The van der Waals surface area contributed by atoms with E-state index in [2.05, 4.69) is 43.4 Å². The summed E-state index contributed by atoms with van der Waals surface area (Å²) in [5.74, 6) is 0. The van der Waals surface area contributed by atoms with Gasteiger partial charge in [-0.2, -0.15) is 0 Å². The van der Waals surface area contributed by atoms with Crippen LogP contribution < -0.4 is 5.32 Å². The Morgan fingerprint density at radius 1 is 1.24 bits per heavy atom. The average Bonchev–Trinajstić information content (AvgIpc) is 2.28. The largest absolute Gasteiger partial charge is 0.312 e. The van der Waals surface area contributed by atoms with Crippen molar-refractivity contribution in [2.24, 2.45) is 0 Å². The van der Waals surface area contributed by atoms with E-state index in [1.54, 1.807) is 0 Å². The Bertz CT molecular complexity index is 309. The zero-order chi connectivity index (χ0) is 12.7. The van der Waals surface area contributed by atoms with Crippen LogP contribution >= 0.6 is 11.6 Å². The van der Waals surface area contributed by atoms with Crippen molar-refractivity contribution in [2.75, 3.05) is 27.2 Å². The smallest absolute Gasteiger partial charge is 0.0406 e. The van der Waals surface area contributed by atoms with E-state index < -0.39 is 0 Å². The van der Waals surface area contributed by atoms with E-state index in [0.717, 1.165) is 24.5 Å². The summed E-state index contributed by atoms with van der Waals surface area (Å²) in [7, 11) is 4.23. The molecule has 0 bridgehead atoms. The average molecular weight is 255 g/mol. The van der Waals surface area contributed by atoms with Crippen LogP contribution in [-0.2, 0) is 6.42 Å². The minimum absolute atomic E-state index is 0.506. The van der Waals surface area contributed by atoms with Crippen LogP contribution in [0.4, 0.5) is 0 Å². The first kappa shape index (κ1) is 14.5. The Balaban J connectivity index is 2.54. The summed E-state index contributed by atoms with van der Waals surface area (Å²) in [5.41, 5.74) is 1.34. The fourth-order valence-electron chi connectivity index (χ4n) is 1.90. The van der Waals surface area contributed by atoms with Gasteiger partial charge in [0.05, 0.1) is 0 Å². The van der Waals surface area contributed by atoms with Gasteiger partial charge in [0.15, 0.2) is 0 Å². The normalized spacial score (nSPS) is 13.0. The molecule has 1 unspecified atom stereocenters. The number of halogens is 1. The second-order valence-electron chi connectivity index (χ2n) is 4.74. The molecule has 0 spiro atoms. The van der Waals surface area contributed by atoms with Gasteiger partial charge < -0.3 is 10.2 Å². The highest BCUT2D eigenvalue weighted by molar-refractivity contribution is 6.30. The Kier molecular flexibility index (Phi) is 6.56. The van der Waals surface area contributed by atoms with Crippen LogP contribution in [0.15, 0.2) is 24.3 Å². The first-order chi connectivity index (χ1) is 8.11. The molecule has 0 aromatic heterocycles. The SMILES string of the molecule is CCCNC(Cc1ccc(Cl)cc1)CN(C)C. The third kappa shape index (κ3) is 6.06. The maximum absolute atomic E-state index is 5.89. The van der Waals surface area contributed by atoms with Gasteiger partial charge in [-0.1, -0.05) is 30.7 Å². The molecule has 2 nitrogen and oxygen atoms in total. The molecule has 1 aromatic rings. The Labute approximate surface area is 110 Å². The van der Waals surface area contributed by atoms with Crippen molar-refractivity contribution in [1.82, 2.24) is 10.2 Å². The summed E-state index contributed by atoms with van der Waals surface area (Å²) < 4.78 is 0. The van der Waals surface area contributed by atoms with Gasteiger partial charge in [0.1, 0.15) is 0 Å². The molecule has 0 amide bonds. The minimum atomic E-state index is 0.506. The standard InChI is InChI=1S/C14H23ClN2/c1-4-9-16-14(11-17(2)3)10-12-5-7-13(15)8-6-12/h5-8,14,16H,4,9-11H2,1-3H3. The van der Waals surface area contributed by atoms with Gasteiger partial charge in [-0.05, 0) is 51.2 Å². The molecule has 96 valence electrons. The number of benzene rings is 1. The van der Waals surface area contributed by atoms with E-state index in [0.29, 0.717) is 6.04 Å². The molecule has 0 saturated carbocycles. The fourth-order valence-corrected chi connectivity index (χ4v) is 2.02. The zero-order valence-electron chi connectivity index (χ0n) is 11.0. The number of hydrogen-bond donors (Lipinski definition) is 1. The van der Waals surface area contributed by atoms with Crippen molar-refractivity contribution in [3.8, 4) is 0 Å². The van der Waals surface area contributed by atoms with E-state index in [1.165, 1.54) is 12.0 Å². The van der Waals surface area contributed by atoms with Gasteiger partial charge in [0.2, 0.25) is 0 Å². The third-order valence-corrected chi connectivity index (χ3v) is 2.92. The van der Waals surface area contributed by atoms with Gasteiger partial charge in [-0.25, -0.2) is 0 Å². The lowest BCUT2D eigenvalue weighted by atomic mass is 10.1. The number of likely N-dealkylation sites (N-methyl/N-ethyl adjacent to an activating group) is 1. The second kappa shape index (κ2) is 7.70. The van der Waals surface area contributed by atoms with E-state index in [-0.39, 0.29) is 0 Å². The van der Waals surface area contributed by atoms with E-state index in [4.69, 9.17) is 11.6 Å². The first-order valence-corrected chi connectivity index (χ1v) is 6.62. The summed E-state index contributed by atoms with van der Waals surface area (Å²) in [6.45, 7) is 4.33. The van der Waals surface area contributed by atoms with Crippen LogP contribution in [0.25, 0.3) is 0 Å². The summed E-state index contributed by atoms with van der Waals surface area (Å²) in [6, 6.07) is 8.65. The van der Waals surface area contributed by atoms with Crippen LogP contribution in [0, 0.1) is 0 Å². The molecule has 1 N–H and O–H groups in total. The summed E-state index contributed by atoms with van der Waals surface area (Å²) in [4.78, 5) is 2.23. The molecule has 3 heteroatoms. The number of rotatable bonds is 7. The Hall–Kier alpha value is -0.570. The lowest BCUT2D eigenvalue weighted by molar-refractivity contribution is 0.336. The van der Waals surface area contributed by atoms with Crippen LogP contribution in [-0.4, -0.2) is 38.1 Å². The molecule has 17 heavy (non-hydrogen) atoms. The number of hydrogen-bond acceptors (Lipinski definition) is 2. The number of nitrogens with one attached hydrogen (secondary N) is 1. The van der Waals surface area contributed by atoms with Gasteiger partial charge >= 0.3 is 0 Å². The van der Waals surface area contributed by atoms with E-state index in [1.807, 2.05) is 12.1 Å². The van der Waals surface area contributed by atoms with Crippen LogP contribution in [0.3, 0.4) is 0 Å². The van der Waals surface area contributed by atoms with Crippen molar-refractivity contribution < 1.29 is 0 Å². The van der Waals surface area contributed by atoms with Gasteiger partial charge in [0.25, 0.3) is 0 Å². The fraction of sp³-hybridized carbons (Fsp3) is 0.571. The molecule has 0 saturated heterocycles. The third-order valence-electron chi connectivity index (χ3n) is 2.66. The van der Waals surface area contributed by atoms with Crippen molar-refractivity contribution in [2.45, 2.75) is 25.8 Å². The van der Waals surface area contributed by atoms with E-state index in [9.17, 15) is 0 Å². The Morgan fingerprint density at radius 2 is 1.88 bits per heavy atom. The molecule has 0 aliphatic rings.